The maximum atomic E-state index is 10.4. The maximum absolute atomic E-state index is 10.4. The first kappa shape index (κ1) is 12.1. The van der Waals surface area contributed by atoms with Crippen molar-refractivity contribution in [3.8, 4) is 11.5 Å². The van der Waals surface area contributed by atoms with Gasteiger partial charge < -0.3 is 14.6 Å². The van der Waals surface area contributed by atoms with E-state index < -0.39 is 6.10 Å². The SMILES string of the molecule is O[C@H](c1ccccc1)c1ccc2c(c1)OCCCO2. The van der Waals surface area contributed by atoms with Crippen molar-refractivity contribution >= 4 is 0 Å². The Morgan fingerprint density at radius 1 is 0.842 bits per heavy atom. The quantitative estimate of drug-likeness (QED) is 0.897. The van der Waals surface area contributed by atoms with E-state index in [0.717, 1.165) is 23.3 Å². The fourth-order valence-corrected chi connectivity index (χ4v) is 2.18. The van der Waals surface area contributed by atoms with Crippen LogP contribution < -0.4 is 9.47 Å². The summed E-state index contributed by atoms with van der Waals surface area (Å²) in [7, 11) is 0. The Balaban J connectivity index is 1.91. The molecule has 3 nitrogen and oxygen atoms in total. The molecular formula is C16H16O3. The van der Waals surface area contributed by atoms with Crippen LogP contribution in [0.25, 0.3) is 0 Å². The molecule has 0 radical (unpaired) electrons. The topological polar surface area (TPSA) is 38.7 Å². The number of fused-ring (bicyclic) bond motifs is 1. The monoisotopic (exact) mass is 256 g/mol. The van der Waals surface area contributed by atoms with Crippen LogP contribution in [0, 0.1) is 0 Å². The minimum absolute atomic E-state index is 0.640. The van der Waals surface area contributed by atoms with Gasteiger partial charge in [0, 0.05) is 6.42 Å². The summed E-state index contributed by atoms with van der Waals surface area (Å²) in [5.74, 6) is 1.46. The zero-order valence-corrected chi connectivity index (χ0v) is 10.6. The number of rotatable bonds is 2. The van der Waals surface area contributed by atoms with Crippen molar-refractivity contribution in [3.05, 3.63) is 59.7 Å². The minimum atomic E-state index is -0.640. The van der Waals surface area contributed by atoms with Crippen molar-refractivity contribution in [2.75, 3.05) is 13.2 Å². The summed E-state index contributed by atoms with van der Waals surface area (Å²) in [5, 5.41) is 10.4. The summed E-state index contributed by atoms with van der Waals surface area (Å²) in [4.78, 5) is 0. The predicted molar refractivity (Wildman–Crippen MR) is 72.6 cm³/mol. The molecule has 98 valence electrons. The van der Waals surface area contributed by atoms with Crippen LogP contribution in [0.4, 0.5) is 0 Å². The molecule has 3 heteroatoms. The number of aliphatic hydroxyl groups excluding tert-OH is 1. The fraction of sp³-hybridized carbons (Fsp3) is 0.250. The van der Waals surface area contributed by atoms with Crippen LogP contribution in [0.1, 0.15) is 23.7 Å². The molecule has 1 heterocycles. The molecule has 0 saturated heterocycles. The van der Waals surface area contributed by atoms with Gasteiger partial charge in [-0.25, -0.2) is 0 Å². The highest BCUT2D eigenvalue weighted by atomic mass is 16.5. The molecule has 1 atom stereocenters. The van der Waals surface area contributed by atoms with E-state index in [9.17, 15) is 5.11 Å². The molecule has 1 N–H and O–H groups in total. The van der Waals surface area contributed by atoms with Crippen LogP contribution in [0.15, 0.2) is 48.5 Å². The number of benzene rings is 2. The highest BCUT2D eigenvalue weighted by Crippen LogP contribution is 2.33. The molecule has 0 bridgehead atoms. The second kappa shape index (κ2) is 5.33. The van der Waals surface area contributed by atoms with Gasteiger partial charge in [0.2, 0.25) is 0 Å². The summed E-state index contributed by atoms with van der Waals surface area (Å²) in [5.41, 5.74) is 1.69. The van der Waals surface area contributed by atoms with E-state index in [2.05, 4.69) is 0 Å². The van der Waals surface area contributed by atoms with Gasteiger partial charge in [-0.1, -0.05) is 36.4 Å². The summed E-state index contributed by atoms with van der Waals surface area (Å²) < 4.78 is 11.2. The van der Waals surface area contributed by atoms with Crippen molar-refractivity contribution in [2.24, 2.45) is 0 Å². The van der Waals surface area contributed by atoms with Gasteiger partial charge in [0.25, 0.3) is 0 Å². The molecule has 0 aliphatic carbocycles. The smallest absolute Gasteiger partial charge is 0.161 e. The largest absolute Gasteiger partial charge is 0.490 e. The first-order chi connectivity index (χ1) is 9.34. The molecule has 0 unspecified atom stereocenters. The van der Waals surface area contributed by atoms with Crippen molar-refractivity contribution in [1.82, 2.24) is 0 Å². The standard InChI is InChI=1S/C16H16O3/c17-16(12-5-2-1-3-6-12)13-7-8-14-15(11-13)19-10-4-9-18-14/h1-3,5-8,11,16-17H,4,9-10H2/t16-/m1/s1. The van der Waals surface area contributed by atoms with Gasteiger partial charge >= 0.3 is 0 Å². The molecule has 0 amide bonds. The third kappa shape index (κ3) is 2.56. The van der Waals surface area contributed by atoms with Gasteiger partial charge in [-0.2, -0.15) is 0 Å². The lowest BCUT2D eigenvalue weighted by Crippen LogP contribution is -2.00. The summed E-state index contributed by atoms with van der Waals surface area (Å²) >= 11 is 0. The van der Waals surface area contributed by atoms with Crippen LogP contribution in [0.3, 0.4) is 0 Å². The summed E-state index contributed by atoms with van der Waals surface area (Å²) in [6.45, 7) is 1.32. The lowest BCUT2D eigenvalue weighted by molar-refractivity contribution is 0.219. The third-order valence-corrected chi connectivity index (χ3v) is 3.20. The predicted octanol–water partition coefficient (Wildman–Crippen LogP) is 2.93. The average molecular weight is 256 g/mol. The van der Waals surface area contributed by atoms with Crippen molar-refractivity contribution < 1.29 is 14.6 Å². The lowest BCUT2D eigenvalue weighted by atomic mass is 10.0. The van der Waals surface area contributed by atoms with E-state index >= 15 is 0 Å². The van der Waals surface area contributed by atoms with E-state index in [-0.39, 0.29) is 0 Å². The Labute approximate surface area is 112 Å². The van der Waals surface area contributed by atoms with Crippen LogP contribution in [-0.4, -0.2) is 18.3 Å². The highest BCUT2D eigenvalue weighted by molar-refractivity contribution is 5.45. The van der Waals surface area contributed by atoms with Crippen LogP contribution in [0.2, 0.25) is 0 Å². The van der Waals surface area contributed by atoms with E-state index in [0.29, 0.717) is 19.0 Å². The van der Waals surface area contributed by atoms with Gasteiger partial charge in [-0.3, -0.25) is 0 Å². The van der Waals surface area contributed by atoms with Gasteiger partial charge in [-0.05, 0) is 23.3 Å². The third-order valence-electron chi connectivity index (χ3n) is 3.20. The molecule has 2 aromatic rings. The fourth-order valence-electron chi connectivity index (χ4n) is 2.18. The Morgan fingerprint density at radius 3 is 2.37 bits per heavy atom. The molecule has 1 aliphatic heterocycles. The molecule has 19 heavy (non-hydrogen) atoms. The zero-order valence-electron chi connectivity index (χ0n) is 10.6. The Kier molecular flexibility index (Phi) is 3.38. The number of ether oxygens (including phenoxy) is 2. The molecule has 0 fully saturated rings. The molecular weight excluding hydrogens is 240 g/mol. The van der Waals surface area contributed by atoms with Crippen molar-refractivity contribution in [3.63, 3.8) is 0 Å². The highest BCUT2D eigenvalue weighted by Gasteiger charge is 2.15. The van der Waals surface area contributed by atoms with Crippen molar-refractivity contribution in [1.29, 1.82) is 0 Å². The van der Waals surface area contributed by atoms with Crippen LogP contribution >= 0.6 is 0 Å². The second-order valence-corrected chi connectivity index (χ2v) is 4.57. The molecule has 3 rings (SSSR count). The van der Waals surface area contributed by atoms with Gasteiger partial charge in [-0.15, -0.1) is 0 Å². The van der Waals surface area contributed by atoms with E-state index in [1.807, 2.05) is 48.5 Å². The van der Waals surface area contributed by atoms with Crippen molar-refractivity contribution in [2.45, 2.75) is 12.5 Å². The molecule has 0 spiro atoms. The first-order valence-electron chi connectivity index (χ1n) is 6.47. The number of hydrogen-bond donors (Lipinski definition) is 1. The Bertz CT molecular complexity index is 551. The van der Waals surface area contributed by atoms with Gasteiger partial charge in [0.05, 0.1) is 13.2 Å². The van der Waals surface area contributed by atoms with Gasteiger partial charge in [0.15, 0.2) is 11.5 Å². The Hall–Kier alpha value is -2.00. The minimum Gasteiger partial charge on any atom is -0.490 e. The molecule has 0 aromatic heterocycles. The maximum Gasteiger partial charge on any atom is 0.161 e. The van der Waals surface area contributed by atoms with Gasteiger partial charge in [0.1, 0.15) is 6.10 Å². The summed E-state index contributed by atoms with van der Waals surface area (Å²) in [6, 6.07) is 15.2. The zero-order chi connectivity index (χ0) is 13.1. The lowest BCUT2D eigenvalue weighted by Gasteiger charge is -2.14. The molecule has 1 aliphatic rings. The number of hydrogen-bond acceptors (Lipinski definition) is 3. The number of aliphatic hydroxyl groups is 1. The second-order valence-electron chi connectivity index (χ2n) is 4.57. The normalized spacial score (nSPS) is 15.6. The van der Waals surface area contributed by atoms with E-state index in [1.165, 1.54) is 0 Å². The molecule has 0 saturated carbocycles. The summed E-state index contributed by atoms with van der Waals surface area (Å²) in [6.07, 6.45) is 0.240. The van der Waals surface area contributed by atoms with Crippen LogP contribution in [-0.2, 0) is 0 Å². The first-order valence-corrected chi connectivity index (χ1v) is 6.47. The molecule has 2 aromatic carbocycles. The van der Waals surface area contributed by atoms with Crippen LogP contribution in [0.5, 0.6) is 11.5 Å². The van der Waals surface area contributed by atoms with E-state index in [4.69, 9.17) is 9.47 Å². The average Bonchev–Trinajstić information content (AvgIpc) is 2.72. The Morgan fingerprint density at radius 2 is 1.58 bits per heavy atom. The van der Waals surface area contributed by atoms with E-state index in [1.54, 1.807) is 0 Å².